The molecule has 1 atom stereocenters. The minimum absolute atomic E-state index is 0.266. The monoisotopic (exact) mass is 352 g/mol. The molecule has 1 heterocycles. The van der Waals surface area contributed by atoms with Crippen LogP contribution in [-0.4, -0.2) is 37.0 Å². The first-order valence-electron chi connectivity index (χ1n) is 8.48. The number of hydrogen-bond donors (Lipinski definition) is 1. The minimum atomic E-state index is -0.915. The maximum absolute atomic E-state index is 12.6. The molecule has 2 amide bonds. The van der Waals surface area contributed by atoms with Gasteiger partial charge in [0.25, 0.3) is 11.8 Å². The van der Waals surface area contributed by atoms with Crippen LogP contribution in [0, 0.1) is 0 Å². The summed E-state index contributed by atoms with van der Waals surface area (Å²) in [5.74, 6) is -1.28. The van der Waals surface area contributed by atoms with Gasteiger partial charge in [0.05, 0.1) is 0 Å². The summed E-state index contributed by atoms with van der Waals surface area (Å²) in [6.45, 7) is 1.83. The molecular formula is C20H20N2O4. The van der Waals surface area contributed by atoms with Crippen LogP contribution in [0.15, 0.2) is 54.6 Å². The largest absolute Gasteiger partial charge is 0.451 e. The van der Waals surface area contributed by atoms with Gasteiger partial charge in [-0.15, -0.1) is 0 Å². The van der Waals surface area contributed by atoms with E-state index in [2.05, 4.69) is 5.32 Å². The van der Waals surface area contributed by atoms with E-state index in [4.69, 9.17) is 4.74 Å². The summed E-state index contributed by atoms with van der Waals surface area (Å²) in [6, 6.07) is 16.3. The van der Waals surface area contributed by atoms with Gasteiger partial charge < -0.3 is 15.0 Å². The lowest BCUT2D eigenvalue weighted by atomic mass is 10.2. The van der Waals surface area contributed by atoms with Crippen LogP contribution >= 0.6 is 0 Å². The Balaban J connectivity index is 1.51. The summed E-state index contributed by atoms with van der Waals surface area (Å²) in [6.07, 6.45) is -0.127. The van der Waals surface area contributed by atoms with Gasteiger partial charge in [-0.05, 0) is 37.1 Å². The minimum Gasteiger partial charge on any atom is -0.451 e. The average molecular weight is 352 g/mol. The first kappa shape index (κ1) is 17.7. The van der Waals surface area contributed by atoms with Crippen molar-refractivity contribution in [3.63, 3.8) is 0 Å². The fraction of sp³-hybridized carbons (Fsp3) is 0.250. The first-order chi connectivity index (χ1) is 12.6. The number of amides is 2. The number of benzene rings is 2. The van der Waals surface area contributed by atoms with E-state index >= 15 is 0 Å². The van der Waals surface area contributed by atoms with Crippen molar-refractivity contribution >= 4 is 23.5 Å². The molecule has 0 radical (unpaired) electrons. The molecule has 1 N–H and O–H groups in total. The van der Waals surface area contributed by atoms with E-state index in [0.717, 1.165) is 17.7 Å². The third-order valence-corrected chi connectivity index (χ3v) is 4.24. The van der Waals surface area contributed by atoms with E-state index in [0.29, 0.717) is 12.1 Å². The van der Waals surface area contributed by atoms with E-state index < -0.39 is 12.1 Å². The summed E-state index contributed by atoms with van der Waals surface area (Å²) in [7, 11) is 0. The zero-order valence-electron chi connectivity index (χ0n) is 14.5. The van der Waals surface area contributed by atoms with Crippen molar-refractivity contribution in [2.24, 2.45) is 0 Å². The number of anilines is 1. The number of carbonyl (C=O) groups is 3. The van der Waals surface area contributed by atoms with Crippen molar-refractivity contribution in [3.8, 4) is 0 Å². The third-order valence-electron chi connectivity index (χ3n) is 4.24. The number of nitrogens with zero attached hydrogens (tertiary/aromatic N) is 1. The molecule has 134 valence electrons. The second-order valence-corrected chi connectivity index (χ2v) is 6.05. The van der Waals surface area contributed by atoms with Gasteiger partial charge in [0.1, 0.15) is 6.54 Å². The Bertz CT molecular complexity index is 820. The molecule has 1 aliphatic rings. The summed E-state index contributed by atoms with van der Waals surface area (Å²) >= 11 is 0. The van der Waals surface area contributed by atoms with Gasteiger partial charge in [0, 0.05) is 17.8 Å². The molecule has 1 aliphatic heterocycles. The van der Waals surface area contributed by atoms with Crippen molar-refractivity contribution in [3.05, 3.63) is 65.7 Å². The number of fused-ring (bicyclic) bond motifs is 1. The zero-order chi connectivity index (χ0) is 18.5. The maximum atomic E-state index is 12.6. The lowest BCUT2D eigenvalue weighted by Crippen LogP contribution is -2.41. The Hall–Kier alpha value is -3.15. The van der Waals surface area contributed by atoms with Gasteiger partial charge in [-0.3, -0.25) is 14.4 Å². The van der Waals surface area contributed by atoms with Crippen LogP contribution in [0.4, 0.5) is 5.69 Å². The highest BCUT2D eigenvalue weighted by Crippen LogP contribution is 2.28. The van der Waals surface area contributed by atoms with Gasteiger partial charge in [0.15, 0.2) is 6.10 Å². The molecule has 2 aromatic rings. The smallest absolute Gasteiger partial charge is 0.326 e. The van der Waals surface area contributed by atoms with Crippen LogP contribution in [-0.2, 0) is 20.7 Å². The summed E-state index contributed by atoms with van der Waals surface area (Å²) in [5, 5.41) is 2.49. The highest BCUT2D eigenvalue weighted by Gasteiger charge is 2.29. The number of nitrogens with one attached hydrogen (secondary N) is 1. The first-order valence-corrected chi connectivity index (χ1v) is 8.48. The van der Waals surface area contributed by atoms with E-state index in [-0.39, 0.29) is 18.4 Å². The highest BCUT2D eigenvalue weighted by atomic mass is 16.5. The summed E-state index contributed by atoms with van der Waals surface area (Å²) in [5.41, 5.74) is 2.42. The van der Waals surface area contributed by atoms with Crippen molar-refractivity contribution in [1.82, 2.24) is 5.32 Å². The molecule has 0 bridgehead atoms. The number of para-hydroxylation sites is 1. The Morgan fingerprint density at radius 1 is 1.08 bits per heavy atom. The van der Waals surface area contributed by atoms with Gasteiger partial charge in [-0.2, -0.15) is 0 Å². The maximum Gasteiger partial charge on any atom is 0.326 e. The van der Waals surface area contributed by atoms with E-state index in [1.165, 1.54) is 0 Å². The van der Waals surface area contributed by atoms with Gasteiger partial charge in [-0.25, -0.2) is 0 Å². The van der Waals surface area contributed by atoms with Gasteiger partial charge in [0.2, 0.25) is 0 Å². The number of rotatable bonds is 5. The van der Waals surface area contributed by atoms with Crippen LogP contribution in [0.1, 0.15) is 22.8 Å². The lowest BCUT2D eigenvalue weighted by molar-refractivity contribution is -0.152. The predicted molar refractivity (Wildman–Crippen MR) is 96.8 cm³/mol. The molecular weight excluding hydrogens is 332 g/mol. The Labute approximate surface area is 151 Å². The second-order valence-electron chi connectivity index (χ2n) is 6.05. The normalized spacial score (nSPS) is 13.7. The second kappa shape index (κ2) is 7.82. The van der Waals surface area contributed by atoms with Crippen molar-refractivity contribution < 1.29 is 19.1 Å². The summed E-state index contributed by atoms with van der Waals surface area (Å²) < 4.78 is 5.18. The van der Waals surface area contributed by atoms with Crippen molar-refractivity contribution in [1.29, 1.82) is 0 Å². The number of carbonyl (C=O) groups excluding carboxylic acids is 3. The molecule has 3 rings (SSSR count). The number of ether oxygens (including phenoxy) is 1. The molecule has 0 aliphatic carbocycles. The number of esters is 1. The molecule has 0 fully saturated rings. The standard InChI is InChI=1S/C20H20N2O4/c1-14(20(25)22-12-11-15-7-5-6-10-17(15)22)26-18(23)13-21-19(24)16-8-3-2-4-9-16/h2-10,14H,11-13H2,1H3,(H,21,24)/t14-/m1/s1. The average Bonchev–Trinajstić information content (AvgIpc) is 3.10. The Morgan fingerprint density at radius 2 is 1.77 bits per heavy atom. The Morgan fingerprint density at radius 3 is 2.54 bits per heavy atom. The van der Waals surface area contributed by atoms with Crippen molar-refractivity contribution in [2.45, 2.75) is 19.4 Å². The van der Waals surface area contributed by atoms with E-state index in [1.807, 2.05) is 24.3 Å². The topological polar surface area (TPSA) is 75.7 Å². The quantitative estimate of drug-likeness (QED) is 0.835. The molecule has 26 heavy (non-hydrogen) atoms. The molecule has 0 aromatic heterocycles. The summed E-state index contributed by atoms with van der Waals surface area (Å²) in [4.78, 5) is 38.1. The molecule has 6 heteroatoms. The molecule has 0 unspecified atom stereocenters. The van der Waals surface area contributed by atoms with Crippen LogP contribution in [0.25, 0.3) is 0 Å². The Kier molecular flexibility index (Phi) is 5.31. The van der Waals surface area contributed by atoms with Crippen LogP contribution in [0.3, 0.4) is 0 Å². The molecule has 0 saturated heterocycles. The molecule has 0 spiro atoms. The van der Waals surface area contributed by atoms with Gasteiger partial charge in [-0.1, -0.05) is 36.4 Å². The fourth-order valence-electron chi connectivity index (χ4n) is 2.92. The van der Waals surface area contributed by atoms with Crippen molar-refractivity contribution in [2.75, 3.05) is 18.0 Å². The SMILES string of the molecule is C[C@@H](OC(=O)CNC(=O)c1ccccc1)C(=O)N1CCc2ccccc21. The van der Waals surface area contributed by atoms with E-state index in [9.17, 15) is 14.4 Å². The third kappa shape index (κ3) is 3.91. The van der Waals surface area contributed by atoms with Gasteiger partial charge >= 0.3 is 5.97 Å². The molecule has 0 saturated carbocycles. The van der Waals surface area contributed by atoms with Crippen LogP contribution in [0.2, 0.25) is 0 Å². The lowest BCUT2D eigenvalue weighted by Gasteiger charge is -2.21. The molecule has 6 nitrogen and oxygen atoms in total. The molecule has 2 aromatic carbocycles. The van der Waals surface area contributed by atoms with Crippen LogP contribution in [0.5, 0.6) is 0 Å². The number of hydrogen-bond acceptors (Lipinski definition) is 4. The van der Waals surface area contributed by atoms with Crippen LogP contribution < -0.4 is 10.2 Å². The zero-order valence-corrected chi connectivity index (χ0v) is 14.5. The highest BCUT2D eigenvalue weighted by molar-refractivity contribution is 5.99. The fourth-order valence-corrected chi connectivity index (χ4v) is 2.92. The predicted octanol–water partition coefficient (Wildman–Crippen LogP) is 1.94. The van der Waals surface area contributed by atoms with E-state index in [1.54, 1.807) is 42.2 Å².